The van der Waals surface area contributed by atoms with Crippen LogP contribution in [0, 0.1) is 5.82 Å². The van der Waals surface area contributed by atoms with Crippen molar-refractivity contribution >= 4 is 0 Å². The molecule has 6 heteroatoms. The van der Waals surface area contributed by atoms with E-state index in [0.717, 1.165) is 12.1 Å². The third-order valence-electron chi connectivity index (χ3n) is 2.70. The molecular weight excluding hydrogens is 260 g/mol. The highest BCUT2D eigenvalue weighted by molar-refractivity contribution is 5.28. The van der Waals surface area contributed by atoms with Crippen LogP contribution in [0.5, 0.6) is 0 Å². The molecule has 0 aliphatic carbocycles. The molecule has 1 N–H and O–H groups in total. The van der Waals surface area contributed by atoms with E-state index in [-0.39, 0.29) is 6.04 Å². The van der Waals surface area contributed by atoms with Gasteiger partial charge in [0.25, 0.3) is 0 Å². The fourth-order valence-corrected chi connectivity index (χ4v) is 1.88. The minimum atomic E-state index is -4.65. The average Bonchev–Trinajstić information content (AvgIpc) is 2.26. The number of hydrogen-bond acceptors (Lipinski definition) is 2. The van der Waals surface area contributed by atoms with E-state index in [1.54, 1.807) is 0 Å². The topological polar surface area (TPSA) is 15.3 Å². The van der Waals surface area contributed by atoms with Crippen molar-refractivity contribution in [2.24, 2.45) is 0 Å². The molecule has 1 aromatic rings. The molecule has 2 nitrogen and oxygen atoms in total. The third kappa shape index (κ3) is 4.47. The van der Waals surface area contributed by atoms with Gasteiger partial charge in [0.15, 0.2) is 0 Å². The van der Waals surface area contributed by atoms with Gasteiger partial charge in [0.2, 0.25) is 0 Å². The van der Waals surface area contributed by atoms with E-state index in [9.17, 15) is 17.6 Å². The van der Waals surface area contributed by atoms with Gasteiger partial charge in [-0.15, -0.1) is 0 Å². The molecule has 108 valence electrons. The van der Waals surface area contributed by atoms with Crippen LogP contribution in [0.3, 0.4) is 0 Å². The van der Waals surface area contributed by atoms with Gasteiger partial charge >= 0.3 is 6.18 Å². The molecule has 0 fully saturated rings. The van der Waals surface area contributed by atoms with Gasteiger partial charge in [-0.05, 0) is 38.3 Å². The number of likely N-dealkylation sites (N-methyl/N-ethyl adjacent to an activating group) is 2. The molecule has 19 heavy (non-hydrogen) atoms. The number of halogens is 4. The molecule has 0 aliphatic rings. The molecule has 0 aliphatic heterocycles. The minimum absolute atomic E-state index is 0.197. The molecule has 0 saturated heterocycles. The second kappa shape index (κ2) is 6.34. The van der Waals surface area contributed by atoms with Crippen LogP contribution in [0.1, 0.15) is 24.1 Å². The van der Waals surface area contributed by atoms with Crippen LogP contribution in [0.15, 0.2) is 18.2 Å². The third-order valence-corrected chi connectivity index (χ3v) is 2.70. The largest absolute Gasteiger partial charge is 0.419 e. The van der Waals surface area contributed by atoms with Gasteiger partial charge in [0.1, 0.15) is 5.82 Å². The zero-order chi connectivity index (χ0) is 14.6. The van der Waals surface area contributed by atoms with Crippen LogP contribution in [-0.2, 0) is 6.18 Å². The standard InChI is InChI=1S/C13H18F4N2/c1-4-18-12(8-19(2)3)9-5-6-10(11(14)7-9)13(15,16)17/h5-7,12,18H,4,8H2,1-3H3. The SMILES string of the molecule is CCNC(CN(C)C)c1ccc(C(F)(F)F)c(F)c1. The van der Waals surface area contributed by atoms with E-state index >= 15 is 0 Å². The highest BCUT2D eigenvalue weighted by Gasteiger charge is 2.34. The Hall–Kier alpha value is -1.14. The first-order chi connectivity index (χ1) is 8.75. The fourth-order valence-electron chi connectivity index (χ4n) is 1.88. The molecule has 1 atom stereocenters. The Bertz CT molecular complexity index is 416. The zero-order valence-corrected chi connectivity index (χ0v) is 11.2. The highest BCUT2D eigenvalue weighted by Crippen LogP contribution is 2.32. The molecule has 0 spiro atoms. The minimum Gasteiger partial charge on any atom is -0.309 e. The van der Waals surface area contributed by atoms with Gasteiger partial charge in [0.05, 0.1) is 5.56 Å². The zero-order valence-electron chi connectivity index (χ0n) is 11.2. The monoisotopic (exact) mass is 278 g/mol. The van der Waals surface area contributed by atoms with Crippen LogP contribution in [-0.4, -0.2) is 32.1 Å². The van der Waals surface area contributed by atoms with E-state index in [4.69, 9.17) is 0 Å². The van der Waals surface area contributed by atoms with Crippen molar-refractivity contribution in [3.63, 3.8) is 0 Å². The lowest BCUT2D eigenvalue weighted by Crippen LogP contribution is -2.31. The first-order valence-electron chi connectivity index (χ1n) is 6.00. The molecule has 1 aromatic carbocycles. The predicted octanol–water partition coefficient (Wildman–Crippen LogP) is 3.06. The van der Waals surface area contributed by atoms with E-state index < -0.39 is 17.6 Å². The number of nitrogens with one attached hydrogen (secondary N) is 1. The first kappa shape index (κ1) is 15.9. The van der Waals surface area contributed by atoms with Crippen molar-refractivity contribution in [3.05, 3.63) is 35.1 Å². The van der Waals surface area contributed by atoms with Crippen LogP contribution in [0.25, 0.3) is 0 Å². The summed E-state index contributed by atoms with van der Waals surface area (Å²) in [5, 5.41) is 3.13. The summed E-state index contributed by atoms with van der Waals surface area (Å²) in [5.41, 5.74) is -0.711. The Kier molecular flexibility index (Phi) is 5.31. The molecule has 0 amide bonds. The number of alkyl halides is 3. The number of nitrogens with zero attached hydrogens (tertiary/aromatic N) is 1. The second-order valence-corrected chi connectivity index (χ2v) is 4.61. The molecule has 0 bridgehead atoms. The van der Waals surface area contributed by atoms with E-state index in [0.29, 0.717) is 18.7 Å². The van der Waals surface area contributed by atoms with Gasteiger partial charge in [-0.25, -0.2) is 4.39 Å². The molecular formula is C13H18F4N2. The highest BCUT2D eigenvalue weighted by atomic mass is 19.4. The van der Waals surface area contributed by atoms with Crippen molar-refractivity contribution in [1.29, 1.82) is 0 Å². The van der Waals surface area contributed by atoms with Crippen molar-refractivity contribution in [2.45, 2.75) is 19.1 Å². The Morgan fingerprint density at radius 1 is 1.26 bits per heavy atom. The number of rotatable bonds is 5. The quantitative estimate of drug-likeness (QED) is 0.833. The summed E-state index contributed by atoms with van der Waals surface area (Å²) in [4.78, 5) is 1.89. The fraction of sp³-hybridized carbons (Fsp3) is 0.538. The van der Waals surface area contributed by atoms with E-state index in [1.807, 2.05) is 25.9 Å². The maximum absolute atomic E-state index is 13.5. The molecule has 0 aromatic heterocycles. The Morgan fingerprint density at radius 3 is 2.32 bits per heavy atom. The lowest BCUT2D eigenvalue weighted by Gasteiger charge is -2.23. The summed E-state index contributed by atoms with van der Waals surface area (Å²) >= 11 is 0. The summed E-state index contributed by atoms with van der Waals surface area (Å²) in [6.45, 7) is 3.13. The summed E-state index contributed by atoms with van der Waals surface area (Å²) in [6.07, 6.45) is -4.65. The Labute approximate surface area is 110 Å². The summed E-state index contributed by atoms with van der Waals surface area (Å²) < 4.78 is 51.0. The summed E-state index contributed by atoms with van der Waals surface area (Å²) in [7, 11) is 3.70. The van der Waals surface area contributed by atoms with Crippen molar-refractivity contribution in [1.82, 2.24) is 10.2 Å². The predicted molar refractivity (Wildman–Crippen MR) is 66.4 cm³/mol. The van der Waals surface area contributed by atoms with Gasteiger partial charge in [-0.1, -0.05) is 13.0 Å². The van der Waals surface area contributed by atoms with Crippen LogP contribution in [0.4, 0.5) is 17.6 Å². The van der Waals surface area contributed by atoms with Crippen LogP contribution >= 0.6 is 0 Å². The van der Waals surface area contributed by atoms with Gasteiger partial charge < -0.3 is 10.2 Å². The molecule has 0 saturated carbocycles. The summed E-state index contributed by atoms with van der Waals surface area (Å²) in [6, 6.07) is 2.88. The van der Waals surface area contributed by atoms with Gasteiger partial charge in [0, 0.05) is 12.6 Å². The molecule has 1 unspecified atom stereocenters. The molecule has 1 rings (SSSR count). The molecule has 0 heterocycles. The smallest absolute Gasteiger partial charge is 0.309 e. The Morgan fingerprint density at radius 2 is 1.89 bits per heavy atom. The van der Waals surface area contributed by atoms with Gasteiger partial charge in [-0.3, -0.25) is 0 Å². The van der Waals surface area contributed by atoms with E-state index in [1.165, 1.54) is 6.07 Å². The number of hydrogen-bond donors (Lipinski definition) is 1. The lowest BCUT2D eigenvalue weighted by atomic mass is 10.0. The number of benzene rings is 1. The normalized spacial score (nSPS) is 13.9. The van der Waals surface area contributed by atoms with Crippen molar-refractivity contribution in [3.8, 4) is 0 Å². The van der Waals surface area contributed by atoms with Gasteiger partial charge in [-0.2, -0.15) is 13.2 Å². The average molecular weight is 278 g/mol. The maximum Gasteiger partial charge on any atom is 0.419 e. The van der Waals surface area contributed by atoms with Crippen molar-refractivity contribution in [2.75, 3.05) is 27.2 Å². The van der Waals surface area contributed by atoms with Crippen LogP contribution < -0.4 is 5.32 Å². The van der Waals surface area contributed by atoms with E-state index in [2.05, 4.69) is 5.32 Å². The lowest BCUT2D eigenvalue weighted by molar-refractivity contribution is -0.140. The summed E-state index contributed by atoms with van der Waals surface area (Å²) in [5.74, 6) is -1.23. The molecule has 0 radical (unpaired) electrons. The van der Waals surface area contributed by atoms with Crippen LogP contribution in [0.2, 0.25) is 0 Å². The van der Waals surface area contributed by atoms with Crippen molar-refractivity contribution < 1.29 is 17.6 Å². The maximum atomic E-state index is 13.5. The Balaban J connectivity index is 3.03. The second-order valence-electron chi connectivity index (χ2n) is 4.61. The first-order valence-corrected chi connectivity index (χ1v) is 6.00.